The Morgan fingerprint density at radius 2 is 1.44 bits per heavy atom. The van der Waals surface area contributed by atoms with Crippen molar-refractivity contribution in [1.82, 2.24) is 0 Å². The first-order valence-electron chi connectivity index (χ1n) is 4.06. The molecule has 0 saturated heterocycles. The second-order valence-electron chi connectivity index (χ2n) is 3.72. The van der Waals surface area contributed by atoms with Crippen LogP contribution in [0.3, 0.4) is 0 Å². The zero-order valence-electron chi connectivity index (χ0n) is 6.45. The van der Waals surface area contributed by atoms with Crippen LogP contribution in [-0.2, 0) is 0 Å². The lowest BCUT2D eigenvalue weighted by molar-refractivity contribution is 0.364. The molecule has 0 N–H and O–H groups in total. The largest absolute Gasteiger partial charge is 0.0596 e. The van der Waals surface area contributed by atoms with E-state index in [1.165, 1.54) is 38.5 Å². The van der Waals surface area contributed by atoms with E-state index in [9.17, 15) is 0 Å². The van der Waals surface area contributed by atoms with Gasteiger partial charge in [-0.05, 0) is 25.2 Å². The van der Waals surface area contributed by atoms with Crippen LogP contribution in [0.1, 0.15) is 45.4 Å². The zero-order valence-corrected chi connectivity index (χ0v) is 6.45. The summed E-state index contributed by atoms with van der Waals surface area (Å²) in [5.74, 6) is 0. The van der Waals surface area contributed by atoms with Gasteiger partial charge in [0.1, 0.15) is 0 Å². The summed E-state index contributed by atoms with van der Waals surface area (Å²) < 4.78 is 0. The molecule has 1 saturated carbocycles. The molecule has 0 aromatic heterocycles. The lowest BCUT2D eigenvalue weighted by atomic mass is 9.85. The van der Waals surface area contributed by atoms with Gasteiger partial charge in [-0.25, -0.2) is 0 Å². The van der Waals surface area contributed by atoms with Gasteiger partial charge < -0.3 is 0 Å². The molecular formula is C9H17. The molecule has 0 unspecified atom stereocenters. The summed E-state index contributed by atoms with van der Waals surface area (Å²) in [7, 11) is 0. The average Bonchev–Trinajstić information content (AvgIpc) is 1.92. The molecule has 1 fully saturated rings. The summed E-state index contributed by atoms with van der Waals surface area (Å²) in [6.45, 7) is 6.48. The fourth-order valence-electron chi connectivity index (χ4n) is 1.58. The van der Waals surface area contributed by atoms with Crippen LogP contribution in [-0.4, -0.2) is 0 Å². The maximum Gasteiger partial charge on any atom is -0.0326 e. The smallest absolute Gasteiger partial charge is 0.0326 e. The van der Waals surface area contributed by atoms with E-state index in [0.29, 0.717) is 5.41 Å². The first-order chi connectivity index (χ1) is 4.21. The van der Waals surface area contributed by atoms with Crippen LogP contribution in [0.2, 0.25) is 0 Å². The Labute approximate surface area is 58.7 Å². The van der Waals surface area contributed by atoms with Gasteiger partial charge in [0.2, 0.25) is 0 Å². The third-order valence-electron chi connectivity index (χ3n) is 2.31. The quantitative estimate of drug-likeness (QED) is 0.436. The van der Waals surface area contributed by atoms with Gasteiger partial charge in [-0.2, -0.15) is 0 Å². The summed E-state index contributed by atoms with van der Waals surface area (Å²) in [6.07, 6.45) is 8.36. The van der Waals surface area contributed by atoms with Gasteiger partial charge in [0.25, 0.3) is 0 Å². The van der Waals surface area contributed by atoms with Crippen molar-refractivity contribution in [3.8, 4) is 0 Å². The molecule has 0 aromatic carbocycles. The predicted octanol–water partition coefficient (Wildman–Crippen LogP) is 3.18. The third kappa shape index (κ3) is 2.38. The van der Waals surface area contributed by atoms with Crippen LogP contribution in [0.4, 0.5) is 0 Å². The number of rotatable bonds is 0. The van der Waals surface area contributed by atoms with E-state index in [4.69, 9.17) is 0 Å². The fourth-order valence-corrected chi connectivity index (χ4v) is 1.58. The summed E-state index contributed by atoms with van der Waals surface area (Å²) in [5, 5.41) is 0. The van der Waals surface area contributed by atoms with Gasteiger partial charge in [0.05, 0.1) is 0 Å². The second-order valence-corrected chi connectivity index (χ2v) is 3.72. The van der Waals surface area contributed by atoms with Gasteiger partial charge in [0, 0.05) is 0 Å². The maximum absolute atomic E-state index is 4.19. The van der Waals surface area contributed by atoms with Crippen molar-refractivity contribution in [2.24, 2.45) is 5.41 Å². The highest BCUT2D eigenvalue weighted by molar-refractivity contribution is 4.78. The van der Waals surface area contributed by atoms with Crippen LogP contribution >= 0.6 is 0 Å². The lowest BCUT2D eigenvalue weighted by Crippen LogP contribution is -2.08. The van der Waals surface area contributed by atoms with E-state index in [0.717, 1.165) is 0 Å². The molecule has 0 heteroatoms. The predicted molar refractivity (Wildman–Crippen MR) is 41.2 cm³/mol. The van der Waals surface area contributed by atoms with Gasteiger partial charge in [0.15, 0.2) is 0 Å². The van der Waals surface area contributed by atoms with Crippen molar-refractivity contribution in [3.05, 3.63) is 6.92 Å². The SMILES string of the molecule is [CH2]C1(C)CCCCCC1. The minimum absolute atomic E-state index is 0.413. The van der Waals surface area contributed by atoms with E-state index in [2.05, 4.69) is 13.8 Å². The molecule has 1 aliphatic carbocycles. The molecule has 0 bridgehead atoms. The average molecular weight is 125 g/mol. The second kappa shape index (κ2) is 2.72. The van der Waals surface area contributed by atoms with Crippen molar-refractivity contribution in [1.29, 1.82) is 0 Å². The monoisotopic (exact) mass is 125 g/mol. The highest BCUT2D eigenvalue weighted by Crippen LogP contribution is 2.32. The number of hydrogen-bond acceptors (Lipinski definition) is 0. The van der Waals surface area contributed by atoms with Gasteiger partial charge >= 0.3 is 0 Å². The van der Waals surface area contributed by atoms with E-state index < -0.39 is 0 Å². The fraction of sp³-hybridized carbons (Fsp3) is 0.889. The Kier molecular flexibility index (Phi) is 2.15. The highest BCUT2D eigenvalue weighted by Gasteiger charge is 2.18. The Balaban J connectivity index is 2.36. The third-order valence-corrected chi connectivity index (χ3v) is 2.31. The van der Waals surface area contributed by atoms with Gasteiger partial charge in [-0.1, -0.05) is 32.6 Å². The number of hydrogen-bond donors (Lipinski definition) is 0. The van der Waals surface area contributed by atoms with E-state index in [1.54, 1.807) is 0 Å². The molecule has 1 aliphatic rings. The van der Waals surface area contributed by atoms with Crippen molar-refractivity contribution in [2.75, 3.05) is 0 Å². The first-order valence-corrected chi connectivity index (χ1v) is 4.06. The summed E-state index contributed by atoms with van der Waals surface area (Å²) >= 11 is 0. The minimum Gasteiger partial charge on any atom is -0.0596 e. The van der Waals surface area contributed by atoms with Crippen LogP contribution in [0.5, 0.6) is 0 Å². The molecule has 1 radical (unpaired) electrons. The zero-order chi connectivity index (χ0) is 6.74. The maximum atomic E-state index is 4.19. The van der Waals surface area contributed by atoms with Crippen LogP contribution in [0, 0.1) is 12.3 Å². The van der Waals surface area contributed by atoms with E-state index in [1.807, 2.05) is 0 Å². The summed E-state index contributed by atoms with van der Waals surface area (Å²) in [4.78, 5) is 0. The molecule has 0 heterocycles. The van der Waals surface area contributed by atoms with Gasteiger partial charge in [-0.3, -0.25) is 0 Å². The minimum atomic E-state index is 0.413. The lowest BCUT2D eigenvalue weighted by Gasteiger charge is -2.20. The Morgan fingerprint density at radius 3 is 1.89 bits per heavy atom. The molecule has 0 spiro atoms. The molecule has 1 rings (SSSR count). The molecule has 53 valence electrons. The van der Waals surface area contributed by atoms with Crippen LogP contribution < -0.4 is 0 Å². The van der Waals surface area contributed by atoms with Crippen LogP contribution in [0.15, 0.2) is 0 Å². The van der Waals surface area contributed by atoms with Crippen LogP contribution in [0.25, 0.3) is 0 Å². The van der Waals surface area contributed by atoms with Crippen molar-refractivity contribution >= 4 is 0 Å². The van der Waals surface area contributed by atoms with Gasteiger partial charge in [-0.15, -0.1) is 0 Å². The molecule has 0 aromatic rings. The topological polar surface area (TPSA) is 0 Å². The van der Waals surface area contributed by atoms with Crippen molar-refractivity contribution in [3.63, 3.8) is 0 Å². The Morgan fingerprint density at radius 1 is 1.00 bits per heavy atom. The molecule has 9 heavy (non-hydrogen) atoms. The van der Waals surface area contributed by atoms with E-state index in [-0.39, 0.29) is 0 Å². The molecular weight excluding hydrogens is 108 g/mol. The molecule has 0 aliphatic heterocycles. The normalized spacial score (nSPS) is 27.3. The molecule has 0 nitrogen and oxygen atoms in total. The first kappa shape index (κ1) is 7.11. The Hall–Kier alpha value is 0. The standard InChI is InChI=1S/C9H17/c1-9(2)7-5-3-4-6-8-9/h1,3-8H2,2H3. The Bertz CT molecular complexity index is 72.0. The highest BCUT2D eigenvalue weighted by atomic mass is 14.2. The van der Waals surface area contributed by atoms with Crippen molar-refractivity contribution < 1.29 is 0 Å². The molecule has 0 atom stereocenters. The summed E-state index contributed by atoms with van der Waals surface area (Å²) in [5.41, 5.74) is 0.413. The molecule has 0 amide bonds. The van der Waals surface area contributed by atoms with Crippen molar-refractivity contribution in [2.45, 2.75) is 45.4 Å². The van der Waals surface area contributed by atoms with E-state index >= 15 is 0 Å². The summed E-state index contributed by atoms with van der Waals surface area (Å²) in [6, 6.07) is 0.